The number of aliphatic hydroxyl groups is 1. The van der Waals surface area contributed by atoms with Gasteiger partial charge in [-0.1, -0.05) is 32.9 Å². The van der Waals surface area contributed by atoms with E-state index < -0.39 is 28.0 Å². The average Bonchev–Trinajstić information content (AvgIpc) is 3.44. The van der Waals surface area contributed by atoms with Gasteiger partial charge in [0.25, 0.3) is 5.91 Å². The molecule has 39 heavy (non-hydrogen) atoms. The summed E-state index contributed by atoms with van der Waals surface area (Å²) in [5.74, 6) is -0.982. The van der Waals surface area contributed by atoms with E-state index in [0.717, 1.165) is 17.0 Å². The number of hydrogen-bond acceptors (Lipinski definition) is 6. The summed E-state index contributed by atoms with van der Waals surface area (Å²) in [7, 11) is -3.34. The number of nitrogens with one attached hydrogen (secondary N) is 1. The van der Waals surface area contributed by atoms with Crippen molar-refractivity contribution in [2.45, 2.75) is 76.2 Å². The number of thiophene rings is 1. The van der Waals surface area contributed by atoms with E-state index in [1.807, 2.05) is 6.07 Å². The smallest absolute Gasteiger partial charge is 0.391 e. The van der Waals surface area contributed by atoms with Gasteiger partial charge in [-0.2, -0.15) is 13.2 Å². The largest absolute Gasteiger partial charge is 0.394 e. The van der Waals surface area contributed by atoms with Crippen molar-refractivity contribution in [3.63, 3.8) is 0 Å². The topological polar surface area (TPSA) is 86.7 Å². The Morgan fingerprint density at radius 1 is 1.15 bits per heavy atom. The first-order chi connectivity index (χ1) is 18.3. The normalized spacial score (nSPS) is 23.1. The first-order valence-electron chi connectivity index (χ1n) is 13.5. The van der Waals surface area contributed by atoms with Crippen molar-refractivity contribution < 1.29 is 31.5 Å². The van der Waals surface area contributed by atoms with Crippen molar-refractivity contribution in [3.8, 4) is 0 Å². The van der Waals surface area contributed by atoms with Crippen molar-refractivity contribution in [3.05, 3.63) is 51.2 Å². The second kappa shape index (κ2) is 11.9. The van der Waals surface area contributed by atoms with Crippen molar-refractivity contribution in [2.75, 3.05) is 18.9 Å². The number of fused-ring (bicyclic) bond motifs is 1. The Labute approximate surface area is 232 Å². The van der Waals surface area contributed by atoms with Crippen LogP contribution >= 0.6 is 11.3 Å². The molecule has 0 unspecified atom stereocenters. The number of amides is 1. The van der Waals surface area contributed by atoms with E-state index >= 15 is 0 Å². The summed E-state index contributed by atoms with van der Waals surface area (Å²) in [5.41, 5.74) is 1.68. The summed E-state index contributed by atoms with van der Waals surface area (Å²) >= 11 is 1.43. The van der Waals surface area contributed by atoms with Gasteiger partial charge in [0.2, 0.25) is 0 Å². The van der Waals surface area contributed by atoms with Gasteiger partial charge in [0.15, 0.2) is 9.84 Å². The maximum absolute atomic E-state index is 13.1. The highest BCUT2D eigenvalue weighted by atomic mass is 32.2. The molecule has 6 nitrogen and oxygen atoms in total. The molecule has 1 aliphatic heterocycles. The Morgan fingerprint density at radius 2 is 1.79 bits per heavy atom. The van der Waals surface area contributed by atoms with Gasteiger partial charge >= 0.3 is 6.18 Å². The van der Waals surface area contributed by atoms with Crippen LogP contribution in [0.4, 0.5) is 13.2 Å². The molecule has 0 saturated heterocycles. The molecule has 2 heterocycles. The standard InChI is InChI=1S/C28H37F3N2O4S2/c1-4-39(36,37)22-11-7-19(8-12-22)23(16-34)32-27(35)24-13-20-15-33(25(17(2)3)26(20)38-24)14-18-5-9-21(10-6-18)28(29,30)31/h7-8,11-13,17-18,21,23,25,34H,4-6,9-10,14-16H2,1-3H3,(H,32,35)/t18?,21?,23-,25-/m0/s1. The molecule has 1 saturated carbocycles. The Hall–Kier alpha value is -1.95. The van der Waals surface area contributed by atoms with E-state index in [1.54, 1.807) is 19.1 Å². The number of benzene rings is 1. The number of carbonyl (C=O) groups excluding carboxylic acids is 1. The fourth-order valence-electron chi connectivity index (χ4n) is 5.86. The van der Waals surface area contributed by atoms with E-state index in [1.165, 1.54) is 23.5 Å². The Balaban J connectivity index is 1.41. The number of carbonyl (C=O) groups is 1. The Kier molecular flexibility index (Phi) is 9.15. The molecule has 1 aromatic heterocycles. The van der Waals surface area contributed by atoms with Gasteiger partial charge in [0.05, 0.1) is 34.1 Å². The molecule has 1 amide bonds. The lowest BCUT2D eigenvalue weighted by Gasteiger charge is -2.35. The number of aliphatic hydroxyl groups excluding tert-OH is 1. The summed E-state index contributed by atoms with van der Waals surface area (Å²) in [4.78, 5) is 17.4. The summed E-state index contributed by atoms with van der Waals surface area (Å²) in [6.45, 7) is 6.90. The second-order valence-electron chi connectivity index (χ2n) is 11.1. The highest BCUT2D eigenvalue weighted by molar-refractivity contribution is 7.91. The van der Waals surface area contributed by atoms with E-state index in [9.17, 15) is 31.5 Å². The van der Waals surface area contributed by atoms with Gasteiger partial charge in [-0.15, -0.1) is 11.3 Å². The van der Waals surface area contributed by atoms with Gasteiger partial charge in [0.1, 0.15) is 0 Å². The average molecular weight is 587 g/mol. The van der Waals surface area contributed by atoms with Crippen LogP contribution in [0.3, 0.4) is 0 Å². The summed E-state index contributed by atoms with van der Waals surface area (Å²) < 4.78 is 63.4. The van der Waals surface area contributed by atoms with Crippen LogP contribution in [0.2, 0.25) is 0 Å². The molecule has 4 rings (SSSR count). The summed E-state index contributed by atoms with van der Waals surface area (Å²) in [5, 5.41) is 12.8. The molecular formula is C28H37F3N2O4S2. The molecule has 1 aromatic carbocycles. The maximum Gasteiger partial charge on any atom is 0.391 e. The van der Waals surface area contributed by atoms with E-state index in [0.29, 0.717) is 29.8 Å². The van der Waals surface area contributed by atoms with Crippen molar-refractivity contribution >= 4 is 27.1 Å². The molecule has 1 fully saturated rings. The SMILES string of the molecule is CCS(=O)(=O)c1ccc([C@H](CO)NC(=O)c2cc3c(s2)[C@H](C(C)C)N(CC2CCC(C(F)(F)F)CC2)C3)cc1. The van der Waals surface area contributed by atoms with Gasteiger partial charge < -0.3 is 10.4 Å². The van der Waals surface area contributed by atoms with Crippen LogP contribution in [0, 0.1) is 17.8 Å². The van der Waals surface area contributed by atoms with Crippen molar-refractivity contribution in [1.82, 2.24) is 10.2 Å². The first kappa shape index (κ1) is 30.0. The zero-order chi connectivity index (χ0) is 28.5. The van der Waals surface area contributed by atoms with Crippen LogP contribution < -0.4 is 5.32 Å². The summed E-state index contributed by atoms with van der Waals surface area (Å²) in [6.07, 6.45) is -2.54. The molecular weight excluding hydrogens is 549 g/mol. The number of alkyl halides is 3. The minimum Gasteiger partial charge on any atom is -0.394 e. The molecule has 0 bridgehead atoms. The molecule has 0 spiro atoms. The van der Waals surface area contributed by atoms with E-state index in [-0.39, 0.29) is 53.9 Å². The van der Waals surface area contributed by atoms with E-state index in [4.69, 9.17) is 0 Å². The number of nitrogens with zero attached hydrogens (tertiary/aromatic N) is 1. The monoisotopic (exact) mass is 586 g/mol. The Morgan fingerprint density at radius 3 is 2.33 bits per heavy atom. The van der Waals surface area contributed by atoms with Crippen molar-refractivity contribution in [1.29, 1.82) is 0 Å². The lowest BCUT2D eigenvalue weighted by atomic mass is 9.81. The predicted molar refractivity (Wildman–Crippen MR) is 145 cm³/mol. The molecule has 0 radical (unpaired) electrons. The third kappa shape index (κ3) is 6.69. The zero-order valence-electron chi connectivity index (χ0n) is 22.5. The second-order valence-corrected chi connectivity index (χ2v) is 14.4. The van der Waals surface area contributed by atoms with Crippen LogP contribution in [0.15, 0.2) is 35.2 Å². The lowest BCUT2D eigenvalue weighted by molar-refractivity contribution is -0.184. The van der Waals surface area contributed by atoms with Crippen LogP contribution in [0.25, 0.3) is 0 Å². The summed E-state index contributed by atoms with van der Waals surface area (Å²) in [6, 6.07) is 7.49. The number of hydrogen-bond donors (Lipinski definition) is 2. The van der Waals surface area contributed by atoms with Gasteiger partial charge in [-0.3, -0.25) is 9.69 Å². The molecule has 2 aromatic rings. The first-order valence-corrected chi connectivity index (χ1v) is 16.0. The van der Waals surface area contributed by atoms with Crippen LogP contribution in [-0.2, 0) is 16.4 Å². The fraction of sp³-hybridized carbons (Fsp3) is 0.607. The molecule has 2 aliphatic rings. The minimum absolute atomic E-state index is 0.0104. The Bertz CT molecular complexity index is 1250. The minimum atomic E-state index is -4.10. The highest BCUT2D eigenvalue weighted by Crippen LogP contribution is 2.46. The molecule has 11 heteroatoms. The van der Waals surface area contributed by atoms with Crippen LogP contribution in [-0.4, -0.2) is 49.4 Å². The van der Waals surface area contributed by atoms with Gasteiger partial charge in [-0.25, -0.2) is 8.42 Å². The van der Waals surface area contributed by atoms with Crippen molar-refractivity contribution in [2.24, 2.45) is 17.8 Å². The number of halogens is 3. The van der Waals surface area contributed by atoms with Gasteiger partial charge in [-0.05, 0) is 66.8 Å². The quantitative estimate of drug-likeness (QED) is 0.383. The molecule has 2 N–H and O–H groups in total. The van der Waals surface area contributed by atoms with Gasteiger partial charge in [0, 0.05) is 24.0 Å². The zero-order valence-corrected chi connectivity index (χ0v) is 24.1. The molecule has 2 atom stereocenters. The van der Waals surface area contributed by atoms with Crippen LogP contribution in [0.1, 0.15) is 84.2 Å². The predicted octanol–water partition coefficient (Wildman–Crippen LogP) is 5.89. The molecule has 216 valence electrons. The number of rotatable bonds is 9. The third-order valence-electron chi connectivity index (χ3n) is 8.04. The fourth-order valence-corrected chi connectivity index (χ4v) is 8.13. The van der Waals surface area contributed by atoms with Crippen LogP contribution in [0.5, 0.6) is 0 Å². The van der Waals surface area contributed by atoms with E-state index in [2.05, 4.69) is 24.1 Å². The lowest BCUT2D eigenvalue weighted by Crippen LogP contribution is -2.35. The third-order valence-corrected chi connectivity index (χ3v) is 11.0. The molecule has 1 aliphatic carbocycles. The highest BCUT2D eigenvalue weighted by Gasteiger charge is 2.43. The number of sulfone groups is 1. The maximum atomic E-state index is 13.1.